The number of Topliss-reactive ketones (excluding diaryl/α,β-unsaturated/α-hetero) is 1. The van der Waals surface area contributed by atoms with E-state index < -0.39 is 17.7 Å². The maximum Gasteiger partial charge on any atom is 0.295 e. The van der Waals surface area contributed by atoms with Gasteiger partial charge in [0.05, 0.1) is 30.3 Å². The van der Waals surface area contributed by atoms with Crippen LogP contribution in [-0.2, 0) is 14.3 Å². The molecule has 1 atom stereocenters. The largest absolute Gasteiger partial charge is 0.507 e. The van der Waals surface area contributed by atoms with E-state index in [1.807, 2.05) is 0 Å². The fourth-order valence-electron chi connectivity index (χ4n) is 3.67. The van der Waals surface area contributed by atoms with Gasteiger partial charge in [0.25, 0.3) is 11.7 Å². The quantitative estimate of drug-likeness (QED) is 0.244. The van der Waals surface area contributed by atoms with Crippen LogP contribution >= 0.6 is 15.9 Å². The van der Waals surface area contributed by atoms with Crippen molar-refractivity contribution >= 4 is 33.4 Å². The number of methoxy groups -OCH3 is 3. The first-order valence-corrected chi connectivity index (χ1v) is 10.6. The van der Waals surface area contributed by atoms with Gasteiger partial charge < -0.3 is 29.3 Å². The van der Waals surface area contributed by atoms with Crippen molar-refractivity contribution in [2.24, 2.45) is 0 Å². The van der Waals surface area contributed by atoms with Crippen molar-refractivity contribution in [3.8, 4) is 17.2 Å². The first-order valence-electron chi connectivity index (χ1n) is 9.82. The van der Waals surface area contributed by atoms with Crippen molar-refractivity contribution in [3.63, 3.8) is 0 Å². The maximum absolute atomic E-state index is 13.0. The molecule has 0 radical (unpaired) electrons. The number of phenols is 1. The lowest BCUT2D eigenvalue weighted by Crippen LogP contribution is -2.31. The molecule has 2 aromatic carbocycles. The van der Waals surface area contributed by atoms with Crippen LogP contribution in [0, 0.1) is 0 Å². The zero-order valence-corrected chi connectivity index (χ0v) is 19.5. The Morgan fingerprint density at radius 1 is 1.12 bits per heavy atom. The average Bonchev–Trinajstić information content (AvgIpc) is 3.05. The van der Waals surface area contributed by atoms with Crippen LogP contribution in [0.2, 0.25) is 0 Å². The number of hydrogen-bond acceptors (Lipinski definition) is 7. The third kappa shape index (κ3) is 4.44. The number of likely N-dealkylation sites (tertiary alicyclic amines) is 1. The number of nitrogens with zero attached hydrogens (tertiary/aromatic N) is 1. The second kappa shape index (κ2) is 10.1. The molecular formula is C23H24BrNO7. The highest BCUT2D eigenvalue weighted by molar-refractivity contribution is 9.10. The Labute approximate surface area is 194 Å². The molecule has 3 rings (SSSR count). The standard InChI is InChI=1S/C23H24BrNO7/c1-30-9-5-8-25-19(14-11-16(24)21(27)17(12-14)32-3)18(22(28)23(25)29)20(26)13-6-4-7-15(10-13)31-2/h4,6-7,10-12,19,26-27H,5,8-9H2,1-3H3. The molecule has 2 N–H and O–H groups in total. The summed E-state index contributed by atoms with van der Waals surface area (Å²) in [7, 11) is 4.45. The molecule has 2 aromatic rings. The molecule has 1 saturated heterocycles. The molecule has 0 aromatic heterocycles. The van der Waals surface area contributed by atoms with Crippen molar-refractivity contribution in [1.29, 1.82) is 0 Å². The molecule has 1 heterocycles. The maximum atomic E-state index is 13.0. The van der Waals surface area contributed by atoms with E-state index in [2.05, 4.69) is 15.9 Å². The van der Waals surface area contributed by atoms with Gasteiger partial charge in [-0.2, -0.15) is 0 Å². The minimum absolute atomic E-state index is 0.0553. The van der Waals surface area contributed by atoms with E-state index in [0.717, 1.165) is 0 Å². The minimum atomic E-state index is -0.885. The highest BCUT2D eigenvalue weighted by atomic mass is 79.9. The highest BCUT2D eigenvalue weighted by Crippen LogP contribution is 2.44. The summed E-state index contributed by atoms with van der Waals surface area (Å²) in [5.74, 6) is -1.29. The van der Waals surface area contributed by atoms with E-state index in [0.29, 0.717) is 34.4 Å². The van der Waals surface area contributed by atoms with Gasteiger partial charge in [0.2, 0.25) is 0 Å². The van der Waals surface area contributed by atoms with Crippen molar-refractivity contribution in [2.75, 3.05) is 34.5 Å². The molecule has 9 heteroatoms. The Morgan fingerprint density at radius 2 is 1.88 bits per heavy atom. The molecule has 0 spiro atoms. The van der Waals surface area contributed by atoms with Crippen molar-refractivity contribution in [1.82, 2.24) is 4.90 Å². The van der Waals surface area contributed by atoms with Crippen molar-refractivity contribution in [2.45, 2.75) is 12.5 Å². The molecule has 1 aliphatic rings. The van der Waals surface area contributed by atoms with Gasteiger partial charge in [-0.25, -0.2) is 0 Å². The molecule has 170 valence electrons. The lowest BCUT2D eigenvalue weighted by atomic mass is 9.95. The van der Waals surface area contributed by atoms with E-state index in [9.17, 15) is 19.8 Å². The zero-order valence-electron chi connectivity index (χ0n) is 17.9. The first kappa shape index (κ1) is 23.6. The van der Waals surface area contributed by atoms with Crippen LogP contribution in [0.25, 0.3) is 5.76 Å². The highest BCUT2D eigenvalue weighted by Gasteiger charge is 2.46. The number of ketones is 1. The minimum Gasteiger partial charge on any atom is -0.507 e. The molecule has 8 nitrogen and oxygen atoms in total. The van der Waals surface area contributed by atoms with Gasteiger partial charge in [-0.1, -0.05) is 12.1 Å². The second-order valence-corrected chi connectivity index (χ2v) is 7.98. The van der Waals surface area contributed by atoms with Gasteiger partial charge in [-0.3, -0.25) is 9.59 Å². The predicted molar refractivity (Wildman–Crippen MR) is 121 cm³/mol. The summed E-state index contributed by atoms with van der Waals surface area (Å²) in [4.78, 5) is 27.4. The van der Waals surface area contributed by atoms with E-state index >= 15 is 0 Å². The lowest BCUT2D eigenvalue weighted by Gasteiger charge is -2.26. The molecule has 32 heavy (non-hydrogen) atoms. The molecule has 1 fully saturated rings. The fourth-order valence-corrected chi connectivity index (χ4v) is 4.13. The monoisotopic (exact) mass is 505 g/mol. The number of hydrogen-bond donors (Lipinski definition) is 2. The van der Waals surface area contributed by atoms with E-state index in [4.69, 9.17) is 14.2 Å². The number of aromatic hydroxyl groups is 1. The van der Waals surface area contributed by atoms with Gasteiger partial charge in [0.15, 0.2) is 11.5 Å². The number of carbonyl (C=O) groups excluding carboxylic acids is 2. The molecule has 0 saturated carbocycles. The van der Waals surface area contributed by atoms with Crippen LogP contribution in [0.4, 0.5) is 0 Å². The molecule has 1 amide bonds. The van der Waals surface area contributed by atoms with Gasteiger partial charge in [-0.15, -0.1) is 0 Å². The second-order valence-electron chi connectivity index (χ2n) is 7.12. The van der Waals surface area contributed by atoms with Crippen LogP contribution < -0.4 is 9.47 Å². The van der Waals surface area contributed by atoms with Gasteiger partial charge in [0.1, 0.15) is 11.5 Å². The van der Waals surface area contributed by atoms with E-state index in [1.54, 1.807) is 43.5 Å². The lowest BCUT2D eigenvalue weighted by molar-refractivity contribution is -0.140. The molecule has 0 aliphatic carbocycles. The van der Waals surface area contributed by atoms with E-state index in [1.165, 1.54) is 19.1 Å². The Bertz CT molecular complexity index is 1070. The van der Waals surface area contributed by atoms with Crippen LogP contribution in [0.15, 0.2) is 46.4 Å². The summed E-state index contributed by atoms with van der Waals surface area (Å²) in [5.41, 5.74) is 0.780. The molecule has 1 aliphatic heterocycles. The first-order chi connectivity index (χ1) is 15.3. The molecule has 1 unspecified atom stereocenters. The number of phenolic OH excluding ortho intramolecular Hbond substituents is 1. The summed E-state index contributed by atoms with van der Waals surface area (Å²) in [6, 6.07) is 8.84. The normalized spacial score (nSPS) is 17.6. The van der Waals surface area contributed by atoms with Gasteiger partial charge >= 0.3 is 0 Å². The Morgan fingerprint density at radius 3 is 2.53 bits per heavy atom. The van der Waals surface area contributed by atoms with Crippen molar-refractivity contribution in [3.05, 3.63) is 57.6 Å². The number of benzene rings is 2. The molecule has 0 bridgehead atoms. The number of amides is 1. The predicted octanol–water partition coefficient (Wildman–Crippen LogP) is 3.63. The third-order valence-electron chi connectivity index (χ3n) is 5.22. The Hall–Kier alpha value is -3.04. The number of aliphatic hydroxyl groups is 1. The fraction of sp³-hybridized carbons (Fsp3) is 0.304. The van der Waals surface area contributed by atoms with Crippen LogP contribution in [0.5, 0.6) is 17.2 Å². The Kier molecular flexibility index (Phi) is 7.42. The smallest absolute Gasteiger partial charge is 0.295 e. The zero-order chi connectivity index (χ0) is 23.4. The summed E-state index contributed by atoms with van der Waals surface area (Å²) in [5, 5.41) is 21.3. The van der Waals surface area contributed by atoms with Gasteiger partial charge in [0, 0.05) is 25.8 Å². The van der Waals surface area contributed by atoms with Crippen LogP contribution in [-0.4, -0.2) is 61.3 Å². The van der Waals surface area contributed by atoms with Crippen molar-refractivity contribution < 1.29 is 34.0 Å². The SMILES string of the molecule is COCCCN1C(=O)C(=O)C(=C(O)c2cccc(OC)c2)C1c1cc(Br)c(O)c(OC)c1. The average molecular weight is 506 g/mol. The van der Waals surface area contributed by atoms with Crippen LogP contribution in [0.1, 0.15) is 23.6 Å². The van der Waals surface area contributed by atoms with E-state index in [-0.39, 0.29) is 29.4 Å². The number of ether oxygens (including phenoxy) is 3. The topological polar surface area (TPSA) is 106 Å². The van der Waals surface area contributed by atoms with Crippen LogP contribution in [0.3, 0.4) is 0 Å². The summed E-state index contributed by atoms with van der Waals surface area (Å²) < 4.78 is 15.9. The summed E-state index contributed by atoms with van der Waals surface area (Å²) >= 11 is 3.29. The summed E-state index contributed by atoms with van der Waals surface area (Å²) in [6.45, 7) is 0.632. The molecular weight excluding hydrogens is 482 g/mol. The number of halogens is 1. The number of carbonyl (C=O) groups is 2. The third-order valence-corrected chi connectivity index (χ3v) is 5.82. The number of aliphatic hydroxyl groups excluding tert-OH is 1. The summed E-state index contributed by atoms with van der Waals surface area (Å²) in [6.07, 6.45) is 0.496. The number of rotatable bonds is 8. The Balaban J connectivity index is 2.20. The van der Waals surface area contributed by atoms with Gasteiger partial charge in [-0.05, 0) is 52.2 Å².